The molecule has 0 aromatic heterocycles. The van der Waals surface area contributed by atoms with E-state index < -0.39 is 0 Å². The molecule has 132 valence electrons. The molecule has 1 saturated carbocycles. The SMILES string of the molecule is c1ccc([S+](c2ccccc2)c2ccc(SC3CCCCC3)cc2)cc1. The van der Waals surface area contributed by atoms with Gasteiger partial charge in [0.15, 0.2) is 14.7 Å². The van der Waals surface area contributed by atoms with Gasteiger partial charge in [-0.2, -0.15) is 0 Å². The molecular weight excluding hydrogens is 352 g/mol. The average molecular weight is 378 g/mol. The highest BCUT2D eigenvalue weighted by atomic mass is 32.2. The molecule has 1 aliphatic rings. The summed E-state index contributed by atoms with van der Waals surface area (Å²) in [5.74, 6) is 0. The Bertz CT molecular complexity index is 751. The number of rotatable bonds is 5. The van der Waals surface area contributed by atoms with Gasteiger partial charge in [0.2, 0.25) is 0 Å². The first-order chi connectivity index (χ1) is 12.9. The van der Waals surface area contributed by atoms with Crippen molar-refractivity contribution in [3.63, 3.8) is 0 Å². The highest BCUT2D eigenvalue weighted by Crippen LogP contribution is 2.36. The first-order valence-electron chi connectivity index (χ1n) is 9.51. The molecule has 3 aromatic carbocycles. The highest BCUT2D eigenvalue weighted by Gasteiger charge is 2.28. The van der Waals surface area contributed by atoms with Gasteiger partial charge >= 0.3 is 0 Å². The predicted molar refractivity (Wildman–Crippen MR) is 114 cm³/mol. The summed E-state index contributed by atoms with van der Waals surface area (Å²) < 4.78 is 0. The smallest absolute Gasteiger partial charge is 0.123 e. The van der Waals surface area contributed by atoms with Crippen LogP contribution in [0.15, 0.2) is 105 Å². The topological polar surface area (TPSA) is 0 Å². The summed E-state index contributed by atoms with van der Waals surface area (Å²) in [4.78, 5) is 5.58. The number of benzene rings is 3. The second-order valence-electron chi connectivity index (χ2n) is 6.78. The van der Waals surface area contributed by atoms with Crippen LogP contribution in [0.1, 0.15) is 32.1 Å². The third-order valence-electron chi connectivity index (χ3n) is 4.87. The van der Waals surface area contributed by atoms with E-state index in [0.29, 0.717) is 0 Å². The van der Waals surface area contributed by atoms with Crippen molar-refractivity contribution < 1.29 is 0 Å². The van der Waals surface area contributed by atoms with Gasteiger partial charge in [-0.05, 0) is 61.4 Å². The second kappa shape index (κ2) is 8.83. The van der Waals surface area contributed by atoms with E-state index in [9.17, 15) is 0 Å². The molecule has 0 radical (unpaired) electrons. The fraction of sp³-hybridized carbons (Fsp3) is 0.250. The Hall–Kier alpha value is -1.64. The van der Waals surface area contributed by atoms with Crippen molar-refractivity contribution in [2.45, 2.75) is 56.9 Å². The Morgan fingerprint density at radius 2 is 1.08 bits per heavy atom. The molecule has 0 aliphatic heterocycles. The normalized spacial score (nSPS) is 15.3. The van der Waals surface area contributed by atoms with Crippen molar-refractivity contribution in [1.29, 1.82) is 0 Å². The van der Waals surface area contributed by atoms with E-state index in [4.69, 9.17) is 0 Å². The minimum atomic E-state index is -0.0389. The van der Waals surface area contributed by atoms with Crippen LogP contribution in [0.3, 0.4) is 0 Å². The molecule has 0 bridgehead atoms. The minimum Gasteiger partial charge on any atom is -0.123 e. The summed E-state index contributed by atoms with van der Waals surface area (Å²) in [6, 6.07) is 31.1. The van der Waals surface area contributed by atoms with Gasteiger partial charge in [0.05, 0.1) is 10.9 Å². The third kappa shape index (κ3) is 4.36. The van der Waals surface area contributed by atoms with Crippen molar-refractivity contribution in [3.05, 3.63) is 84.9 Å². The van der Waals surface area contributed by atoms with E-state index in [1.54, 1.807) is 0 Å². The molecule has 0 heterocycles. The average Bonchev–Trinajstić information content (AvgIpc) is 2.72. The van der Waals surface area contributed by atoms with Crippen molar-refractivity contribution in [1.82, 2.24) is 0 Å². The summed E-state index contributed by atoms with van der Waals surface area (Å²) >= 11 is 2.08. The molecule has 0 unspecified atom stereocenters. The summed E-state index contributed by atoms with van der Waals surface area (Å²) in [5, 5.41) is 0.816. The van der Waals surface area contributed by atoms with Crippen molar-refractivity contribution in [3.8, 4) is 0 Å². The predicted octanol–water partition coefficient (Wildman–Crippen LogP) is 7.21. The minimum absolute atomic E-state index is 0.0389. The lowest BCUT2D eigenvalue weighted by Gasteiger charge is -2.20. The summed E-state index contributed by atoms with van der Waals surface area (Å²) in [6.07, 6.45) is 6.99. The molecule has 4 rings (SSSR count). The highest BCUT2D eigenvalue weighted by molar-refractivity contribution is 8.00. The van der Waals surface area contributed by atoms with Gasteiger partial charge in [-0.25, -0.2) is 0 Å². The summed E-state index contributed by atoms with van der Waals surface area (Å²) in [6.45, 7) is 0. The Morgan fingerprint density at radius 1 is 0.577 bits per heavy atom. The van der Waals surface area contributed by atoms with E-state index in [1.807, 2.05) is 0 Å². The van der Waals surface area contributed by atoms with Crippen molar-refractivity contribution >= 4 is 22.7 Å². The number of thioether (sulfide) groups is 1. The van der Waals surface area contributed by atoms with E-state index in [1.165, 1.54) is 51.7 Å². The lowest BCUT2D eigenvalue weighted by Crippen LogP contribution is -2.08. The van der Waals surface area contributed by atoms with Crippen LogP contribution in [0, 0.1) is 0 Å². The number of hydrogen-bond acceptors (Lipinski definition) is 1. The fourth-order valence-electron chi connectivity index (χ4n) is 3.55. The van der Waals surface area contributed by atoms with Crippen LogP contribution >= 0.6 is 11.8 Å². The van der Waals surface area contributed by atoms with Crippen LogP contribution in [0.2, 0.25) is 0 Å². The van der Waals surface area contributed by atoms with Crippen LogP contribution in [-0.4, -0.2) is 5.25 Å². The van der Waals surface area contributed by atoms with Gasteiger partial charge in [-0.1, -0.05) is 55.7 Å². The van der Waals surface area contributed by atoms with Crippen LogP contribution in [0.25, 0.3) is 0 Å². The molecule has 0 spiro atoms. The summed E-state index contributed by atoms with van der Waals surface area (Å²) in [5.41, 5.74) is 0. The number of hydrogen-bond donors (Lipinski definition) is 0. The van der Waals surface area contributed by atoms with E-state index >= 15 is 0 Å². The first kappa shape index (κ1) is 17.8. The zero-order valence-electron chi connectivity index (χ0n) is 15.0. The van der Waals surface area contributed by atoms with Gasteiger partial charge in [-0.15, -0.1) is 11.8 Å². The fourth-order valence-corrected chi connectivity index (χ4v) is 6.88. The molecule has 0 nitrogen and oxygen atoms in total. The maximum Gasteiger partial charge on any atom is 0.166 e. The van der Waals surface area contributed by atoms with E-state index in [-0.39, 0.29) is 10.9 Å². The lowest BCUT2D eigenvalue weighted by molar-refractivity contribution is 0.516. The molecule has 2 heteroatoms. The summed E-state index contributed by atoms with van der Waals surface area (Å²) in [7, 11) is -0.0389. The molecule has 0 amide bonds. The Balaban J connectivity index is 1.59. The molecular formula is C24H25S2+. The first-order valence-corrected chi connectivity index (χ1v) is 11.6. The van der Waals surface area contributed by atoms with Gasteiger partial charge in [0.1, 0.15) is 0 Å². The second-order valence-corrected chi connectivity index (χ2v) is 10.2. The molecule has 0 saturated heterocycles. The third-order valence-corrected chi connectivity index (χ3v) is 8.45. The zero-order valence-corrected chi connectivity index (χ0v) is 16.6. The van der Waals surface area contributed by atoms with Crippen LogP contribution in [0.5, 0.6) is 0 Å². The molecule has 26 heavy (non-hydrogen) atoms. The van der Waals surface area contributed by atoms with Crippen LogP contribution in [-0.2, 0) is 10.9 Å². The maximum absolute atomic E-state index is 2.34. The zero-order chi connectivity index (χ0) is 17.6. The van der Waals surface area contributed by atoms with Gasteiger partial charge in [0.25, 0.3) is 0 Å². The maximum atomic E-state index is 2.34. The van der Waals surface area contributed by atoms with Gasteiger partial charge < -0.3 is 0 Å². The Labute approximate surface area is 164 Å². The van der Waals surface area contributed by atoms with Crippen LogP contribution < -0.4 is 0 Å². The Kier molecular flexibility index (Phi) is 6.03. The molecule has 0 atom stereocenters. The van der Waals surface area contributed by atoms with E-state index in [0.717, 1.165) is 5.25 Å². The molecule has 3 aromatic rings. The van der Waals surface area contributed by atoms with Gasteiger partial charge in [0, 0.05) is 10.1 Å². The quantitative estimate of drug-likeness (QED) is 0.423. The molecule has 0 N–H and O–H groups in total. The monoisotopic (exact) mass is 377 g/mol. The largest absolute Gasteiger partial charge is 0.166 e. The van der Waals surface area contributed by atoms with Crippen molar-refractivity contribution in [2.24, 2.45) is 0 Å². The van der Waals surface area contributed by atoms with Gasteiger partial charge in [-0.3, -0.25) is 0 Å². The van der Waals surface area contributed by atoms with Crippen LogP contribution in [0.4, 0.5) is 0 Å². The standard InChI is InChI=1S/C24H25S2/c1-4-10-20(11-5-1)25-21-16-18-24(19-17-21)26(22-12-6-2-7-13-22)23-14-8-3-9-15-23/h2-3,6-9,12-20H,1,4-5,10-11H2/q+1. The Morgan fingerprint density at radius 3 is 1.62 bits per heavy atom. The molecule has 1 aliphatic carbocycles. The lowest BCUT2D eigenvalue weighted by atomic mass is 10.0. The van der Waals surface area contributed by atoms with E-state index in [2.05, 4.69) is 96.7 Å². The molecule has 1 fully saturated rings. The van der Waals surface area contributed by atoms with Crippen molar-refractivity contribution in [2.75, 3.05) is 0 Å².